The predicted molar refractivity (Wildman–Crippen MR) is 254 cm³/mol. The molecule has 60 heavy (non-hydrogen) atoms. The molecule has 0 aromatic rings. The first-order valence-electron chi connectivity index (χ1n) is 25.1. The number of fused-ring (bicyclic) bond motifs is 5. The molecule has 0 heterocycles. The smallest absolute Gasteiger partial charge is 0.0891 e. The first-order chi connectivity index (χ1) is 28.1. The molecule has 352 valence electrons. The second-order valence-electron chi connectivity index (χ2n) is 23.1. The Kier molecular flexibility index (Phi) is 19.7. The lowest BCUT2D eigenvalue weighted by atomic mass is 9.50. The third-order valence-corrected chi connectivity index (χ3v) is 21.1. The number of alkyl halides is 2. The first kappa shape index (κ1) is 53.0. The highest BCUT2D eigenvalue weighted by Crippen LogP contribution is 2.61. The quantitative estimate of drug-likeness (QED) is 0.129. The number of aliphatic hydroxyl groups is 4. The molecule has 5 nitrogen and oxygen atoms in total. The van der Waals surface area contributed by atoms with E-state index in [-0.39, 0.29) is 28.4 Å². The summed E-state index contributed by atoms with van der Waals surface area (Å²) in [5, 5.41) is 40.5. The van der Waals surface area contributed by atoms with E-state index in [1.54, 1.807) is 0 Å². The van der Waals surface area contributed by atoms with Gasteiger partial charge in [-0.05, 0) is 160 Å². The lowest BCUT2D eigenvalue weighted by molar-refractivity contribution is -0.188. The lowest BCUT2D eigenvalue weighted by Gasteiger charge is -2.60. The van der Waals surface area contributed by atoms with Crippen LogP contribution in [-0.4, -0.2) is 59.2 Å². The van der Waals surface area contributed by atoms with Crippen LogP contribution in [0.4, 0.5) is 0 Å². The lowest BCUT2D eigenvalue weighted by Crippen LogP contribution is -2.64. The molecule has 0 aromatic carbocycles. The zero-order valence-corrected chi connectivity index (χ0v) is 42.4. The normalized spacial score (nSPS) is 47.1. The Morgan fingerprint density at radius 2 is 1.37 bits per heavy atom. The van der Waals surface area contributed by atoms with Gasteiger partial charge in [-0.3, -0.25) is 4.66 Å². The summed E-state index contributed by atoms with van der Waals surface area (Å²) in [5.41, 5.74) is 0.788. The molecule has 0 spiro atoms. The van der Waals surface area contributed by atoms with E-state index in [4.69, 9.17) is 27.9 Å². The summed E-state index contributed by atoms with van der Waals surface area (Å²) in [6.45, 7) is 25.7. The topological polar surface area (TPSA) is 101 Å². The summed E-state index contributed by atoms with van der Waals surface area (Å²) < 4.78 is 6.47. The minimum absolute atomic E-state index is 0.0507. The Balaban J connectivity index is 0.000000203. The van der Waals surface area contributed by atoms with Crippen LogP contribution in [-0.2, 0) is 0 Å². The van der Waals surface area contributed by atoms with E-state index in [2.05, 4.69) is 94.1 Å². The van der Waals surface area contributed by atoms with E-state index in [1.807, 2.05) is 5.57 Å². The zero-order valence-electron chi connectivity index (χ0n) is 40.1. The van der Waals surface area contributed by atoms with Crippen LogP contribution in [0.5, 0.6) is 0 Å². The second-order valence-corrected chi connectivity index (χ2v) is 24.3. The van der Waals surface area contributed by atoms with Gasteiger partial charge in [0, 0.05) is 11.8 Å². The number of rotatable bonds is 7. The maximum atomic E-state index is 10.9. The van der Waals surface area contributed by atoms with Gasteiger partial charge in [0.25, 0.3) is 0 Å². The fourth-order valence-corrected chi connectivity index (χ4v) is 16.2. The van der Waals surface area contributed by atoms with Crippen LogP contribution in [0.2, 0.25) is 0 Å². The molecular weight excluding hydrogens is 811 g/mol. The fraction of sp³-hybridized carbons (Fsp3) is 0.962. The number of aliphatic hydroxyl groups excluding tert-OH is 3. The molecule has 0 amide bonds. The van der Waals surface area contributed by atoms with Crippen molar-refractivity contribution in [3.05, 3.63) is 11.6 Å². The highest BCUT2D eigenvalue weighted by Gasteiger charge is 2.62. The number of hydrogen-bond acceptors (Lipinski definition) is 5. The van der Waals surface area contributed by atoms with Gasteiger partial charge in [0.1, 0.15) is 0 Å². The predicted octanol–water partition coefficient (Wildman–Crippen LogP) is 13.5. The van der Waals surface area contributed by atoms with Gasteiger partial charge in [-0.1, -0.05) is 120 Å². The average Bonchev–Trinajstić information content (AvgIpc) is 3.21. The van der Waals surface area contributed by atoms with E-state index >= 15 is 0 Å². The standard InChI is InChI=1S/C26H46.2C13H23ClO2.ClHO/c1-6-22(19(4)11-9-10-18(2)3)23-16-17-26-24(20(23)5)15-14-21-12-7-8-13-25(21)26;1-8-6-11(16)13(14)7-10(15)4-5-12(13,3)9(8)2;1-8-6-11(14)13(16)7-10(15)4-5-12(13,3)9(8)2;1-2/h14,18-20,22-26H,6-13,15-17H2,1-5H3;2*8-11,15-16H,4-7H2,1-3H3;2H/t;2*8?,9?,10-,11+,12+,13-;/m.00./s1. The Hall–Kier alpha value is 0.410. The molecule has 0 bridgehead atoms. The van der Waals surface area contributed by atoms with Crippen LogP contribution >= 0.6 is 35.1 Å². The summed E-state index contributed by atoms with van der Waals surface area (Å²) in [6, 6.07) is 0. The number of allylic oxidation sites excluding steroid dienone is 2. The second kappa shape index (κ2) is 22.3. The van der Waals surface area contributed by atoms with E-state index in [0.717, 1.165) is 85.9 Å². The third-order valence-electron chi connectivity index (χ3n) is 19.8. The third kappa shape index (κ3) is 10.8. The van der Waals surface area contributed by atoms with Crippen molar-refractivity contribution in [1.29, 1.82) is 0 Å². The summed E-state index contributed by atoms with van der Waals surface area (Å²) in [7, 11) is 0. The molecule has 8 heteroatoms. The first-order valence-corrected chi connectivity index (χ1v) is 26.3. The van der Waals surface area contributed by atoms with Crippen molar-refractivity contribution < 1.29 is 25.1 Å². The molecule has 6 saturated carbocycles. The van der Waals surface area contributed by atoms with Gasteiger partial charge in [0.15, 0.2) is 0 Å². The van der Waals surface area contributed by atoms with Gasteiger partial charge in [-0.25, -0.2) is 0 Å². The molecule has 7 aliphatic carbocycles. The van der Waals surface area contributed by atoms with Gasteiger partial charge in [0.2, 0.25) is 0 Å². The fourth-order valence-electron chi connectivity index (χ4n) is 15.0. The summed E-state index contributed by atoms with van der Waals surface area (Å²) in [6.07, 6.45) is 23.5. The van der Waals surface area contributed by atoms with Crippen molar-refractivity contribution in [2.24, 2.45) is 81.8 Å². The monoisotopic (exact) mass is 903 g/mol. The van der Waals surface area contributed by atoms with Crippen molar-refractivity contribution in [1.82, 2.24) is 0 Å². The van der Waals surface area contributed by atoms with Crippen molar-refractivity contribution in [2.45, 2.75) is 232 Å². The highest BCUT2D eigenvalue weighted by atomic mass is 35.5. The van der Waals surface area contributed by atoms with E-state index in [0.29, 0.717) is 36.5 Å². The van der Waals surface area contributed by atoms with Gasteiger partial charge < -0.3 is 20.4 Å². The van der Waals surface area contributed by atoms with Crippen molar-refractivity contribution in [2.75, 3.05) is 0 Å². The molecular formula is C52H93Cl3O5. The van der Waals surface area contributed by atoms with Crippen molar-refractivity contribution in [3.8, 4) is 0 Å². The van der Waals surface area contributed by atoms with Gasteiger partial charge in [-0.2, -0.15) is 0 Å². The molecule has 7 aliphatic rings. The van der Waals surface area contributed by atoms with Crippen molar-refractivity contribution >= 4 is 35.1 Å². The number of halogens is 3. The average molecular weight is 905 g/mol. The summed E-state index contributed by atoms with van der Waals surface area (Å²) in [4.78, 5) is -0.628. The van der Waals surface area contributed by atoms with Crippen LogP contribution in [0.3, 0.4) is 0 Å². The SMILES string of the molecule is CC1C[C@@H](Cl)[C@@]2(O)C[C@@H](O)CC[C@]2(C)C1C.CC1C[C@@H](O)[C@@]2(Cl)C[C@@H](O)CC[C@]2(C)C1C.CCC(C(C)CCCC(C)C)C1CCC2C3CCCCC3=CCC2C1C.OCl. The molecule has 19 atom stereocenters. The zero-order chi connectivity index (χ0) is 45.0. The molecule has 0 saturated heterocycles. The minimum atomic E-state index is -0.891. The van der Waals surface area contributed by atoms with Crippen LogP contribution < -0.4 is 0 Å². The van der Waals surface area contributed by atoms with Crippen LogP contribution in [0, 0.1) is 81.8 Å². The molecule has 5 N–H and O–H groups in total. The van der Waals surface area contributed by atoms with E-state index in [9.17, 15) is 20.4 Å². The molecule has 0 radical (unpaired) electrons. The molecule has 6 fully saturated rings. The molecule has 7 rings (SSSR count). The van der Waals surface area contributed by atoms with Crippen LogP contribution in [0.25, 0.3) is 0 Å². The van der Waals surface area contributed by atoms with Crippen LogP contribution in [0.1, 0.15) is 198 Å². The Bertz CT molecular complexity index is 1290. The Morgan fingerprint density at radius 3 is 2.00 bits per heavy atom. The maximum Gasteiger partial charge on any atom is 0.0891 e. The Morgan fingerprint density at radius 1 is 0.767 bits per heavy atom. The maximum absolute atomic E-state index is 10.9. The van der Waals surface area contributed by atoms with Gasteiger partial charge in [-0.15, -0.1) is 23.2 Å². The Labute approximate surface area is 384 Å². The summed E-state index contributed by atoms with van der Waals surface area (Å²) in [5.74, 6) is 9.73. The van der Waals surface area contributed by atoms with Crippen LogP contribution in [0.15, 0.2) is 11.6 Å². The number of hydrogen-bond donors (Lipinski definition) is 5. The van der Waals surface area contributed by atoms with E-state index < -0.39 is 16.6 Å². The van der Waals surface area contributed by atoms with Crippen molar-refractivity contribution in [3.63, 3.8) is 0 Å². The minimum Gasteiger partial charge on any atom is -0.393 e. The molecule has 0 aromatic heterocycles. The van der Waals surface area contributed by atoms with Gasteiger partial charge in [0.05, 0.1) is 46.0 Å². The van der Waals surface area contributed by atoms with Gasteiger partial charge >= 0.3 is 0 Å². The largest absolute Gasteiger partial charge is 0.393 e. The summed E-state index contributed by atoms with van der Waals surface area (Å²) >= 11 is 16.7. The highest BCUT2D eigenvalue weighted by molar-refractivity contribution is 6.25. The molecule has 0 aliphatic heterocycles. The molecule has 11 unspecified atom stereocenters. The van der Waals surface area contributed by atoms with E-state index in [1.165, 1.54) is 70.6 Å².